The van der Waals surface area contributed by atoms with Crippen molar-refractivity contribution < 1.29 is 4.74 Å². The predicted molar refractivity (Wildman–Crippen MR) is 73.4 cm³/mol. The summed E-state index contributed by atoms with van der Waals surface area (Å²) in [6, 6.07) is 1.88. The normalized spacial score (nSPS) is 11.2. The van der Waals surface area contributed by atoms with E-state index in [9.17, 15) is 0 Å². The summed E-state index contributed by atoms with van der Waals surface area (Å²) in [6.07, 6.45) is 0.264. The van der Waals surface area contributed by atoms with Gasteiger partial charge in [-0.15, -0.1) is 0 Å². The van der Waals surface area contributed by atoms with Gasteiger partial charge in [0.05, 0.1) is 12.7 Å². The van der Waals surface area contributed by atoms with Crippen molar-refractivity contribution in [3.63, 3.8) is 0 Å². The van der Waals surface area contributed by atoms with Crippen molar-refractivity contribution in [2.75, 3.05) is 18.5 Å². The average Bonchev–Trinajstić information content (AvgIpc) is 2.23. The van der Waals surface area contributed by atoms with E-state index < -0.39 is 0 Å². The molecule has 1 aromatic rings. The van der Waals surface area contributed by atoms with Gasteiger partial charge in [0, 0.05) is 18.5 Å². The SMILES string of the molecule is CC(C)OCCNc1cc(Br)nc(C(C)C)n1. The highest BCUT2D eigenvalue weighted by Gasteiger charge is 2.06. The second-order valence-electron chi connectivity index (χ2n) is 4.44. The molecule has 0 aliphatic carbocycles. The fourth-order valence-corrected chi connectivity index (χ4v) is 1.66. The van der Waals surface area contributed by atoms with Gasteiger partial charge in [-0.05, 0) is 29.8 Å². The van der Waals surface area contributed by atoms with Crippen LogP contribution in [0, 0.1) is 0 Å². The molecule has 0 spiro atoms. The highest BCUT2D eigenvalue weighted by molar-refractivity contribution is 9.10. The molecule has 1 N–H and O–H groups in total. The zero-order valence-corrected chi connectivity index (χ0v) is 12.4. The lowest BCUT2D eigenvalue weighted by atomic mass is 10.2. The summed E-state index contributed by atoms with van der Waals surface area (Å²) in [7, 11) is 0. The molecule has 0 amide bonds. The van der Waals surface area contributed by atoms with Crippen molar-refractivity contribution in [2.45, 2.75) is 39.7 Å². The van der Waals surface area contributed by atoms with Crippen LogP contribution < -0.4 is 5.32 Å². The highest BCUT2D eigenvalue weighted by Crippen LogP contribution is 2.17. The van der Waals surface area contributed by atoms with Crippen LogP contribution >= 0.6 is 15.9 Å². The highest BCUT2D eigenvalue weighted by atomic mass is 79.9. The third-order valence-electron chi connectivity index (χ3n) is 2.09. The minimum absolute atomic E-state index is 0.264. The standard InChI is InChI=1S/C12H20BrN3O/c1-8(2)12-15-10(13)7-11(16-12)14-5-6-17-9(3)4/h7-9H,5-6H2,1-4H3,(H,14,15,16). The van der Waals surface area contributed by atoms with E-state index in [-0.39, 0.29) is 6.10 Å². The van der Waals surface area contributed by atoms with Gasteiger partial charge in [0.2, 0.25) is 0 Å². The van der Waals surface area contributed by atoms with E-state index in [1.54, 1.807) is 0 Å². The van der Waals surface area contributed by atoms with E-state index in [1.165, 1.54) is 0 Å². The van der Waals surface area contributed by atoms with Gasteiger partial charge >= 0.3 is 0 Å². The maximum atomic E-state index is 5.45. The summed E-state index contributed by atoms with van der Waals surface area (Å²) in [5.41, 5.74) is 0. The minimum atomic E-state index is 0.264. The van der Waals surface area contributed by atoms with Crippen LogP contribution in [0.5, 0.6) is 0 Å². The van der Waals surface area contributed by atoms with Gasteiger partial charge in [0.15, 0.2) is 0 Å². The molecule has 0 fully saturated rings. The third-order valence-corrected chi connectivity index (χ3v) is 2.49. The van der Waals surface area contributed by atoms with Crippen LogP contribution in [-0.4, -0.2) is 29.2 Å². The molecule has 0 bridgehead atoms. The first-order valence-electron chi connectivity index (χ1n) is 5.89. The molecule has 0 saturated heterocycles. The Kier molecular flexibility index (Phi) is 5.85. The quantitative estimate of drug-likeness (QED) is 0.647. The number of hydrogen-bond donors (Lipinski definition) is 1. The summed E-state index contributed by atoms with van der Waals surface area (Å²) in [5.74, 6) is 1.99. The number of halogens is 1. The number of ether oxygens (including phenoxy) is 1. The van der Waals surface area contributed by atoms with Crippen LogP contribution in [0.1, 0.15) is 39.4 Å². The molecule has 1 rings (SSSR count). The zero-order valence-electron chi connectivity index (χ0n) is 10.8. The molecule has 5 heteroatoms. The number of nitrogens with one attached hydrogen (secondary N) is 1. The van der Waals surface area contributed by atoms with Gasteiger partial charge in [0.25, 0.3) is 0 Å². The van der Waals surface area contributed by atoms with Crippen molar-refractivity contribution in [2.24, 2.45) is 0 Å². The first kappa shape index (κ1) is 14.4. The van der Waals surface area contributed by atoms with E-state index in [0.717, 1.165) is 22.8 Å². The molecule has 17 heavy (non-hydrogen) atoms. The number of nitrogens with zero attached hydrogens (tertiary/aromatic N) is 2. The van der Waals surface area contributed by atoms with Gasteiger partial charge in [-0.1, -0.05) is 13.8 Å². The lowest BCUT2D eigenvalue weighted by Gasteiger charge is -2.11. The number of hydrogen-bond acceptors (Lipinski definition) is 4. The molecule has 4 nitrogen and oxygen atoms in total. The topological polar surface area (TPSA) is 47.0 Å². The van der Waals surface area contributed by atoms with E-state index in [4.69, 9.17) is 4.74 Å². The van der Waals surface area contributed by atoms with Crippen LogP contribution in [0.3, 0.4) is 0 Å². The fourth-order valence-electron chi connectivity index (χ4n) is 1.26. The van der Waals surface area contributed by atoms with E-state index >= 15 is 0 Å². The number of rotatable bonds is 6. The molecule has 0 saturated carbocycles. The number of anilines is 1. The molecule has 1 aromatic heterocycles. The van der Waals surface area contributed by atoms with Gasteiger partial charge in [0.1, 0.15) is 16.2 Å². The Morgan fingerprint density at radius 1 is 1.29 bits per heavy atom. The van der Waals surface area contributed by atoms with Crippen molar-refractivity contribution in [3.8, 4) is 0 Å². The van der Waals surface area contributed by atoms with E-state index in [0.29, 0.717) is 12.5 Å². The molecular formula is C12H20BrN3O. The Morgan fingerprint density at radius 2 is 2.00 bits per heavy atom. The second kappa shape index (κ2) is 6.91. The summed E-state index contributed by atoms with van der Waals surface area (Å²) in [5, 5.41) is 3.23. The molecule has 0 atom stereocenters. The van der Waals surface area contributed by atoms with Crippen LogP contribution in [0.2, 0.25) is 0 Å². The average molecular weight is 302 g/mol. The summed E-state index contributed by atoms with van der Waals surface area (Å²) in [4.78, 5) is 8.77. The van der Waals surface area contributed by atoms with Crippen LogP contribution in [0.25, 0.3) is 0 Å². The fraction of sp³-hybridized carbons (Fsp3) is 0.667. The summed E-state index contributed by atoms with van der Waals surface area (Å²) < 4.78 is 6.26. The maximum absolute atomic E-state index is 5.45. The van der Waals surface area contributed by atoms with Crippen molar-refractivity contribution in [1.82, 2.24) is 9.97 Å². The smallest absolute Gasteiger partial charge is 0.134 e. The van der Waals surface area contributed by atoms with Gasteiger partial charge in [-0.25, -0.2) is 9.97 Å². The number of aromatic nitrogens is 2. The molecular weight excluding hydrogens is 282 g/mol. The Hall–Kier alpha value is -0.680. The van der Waals surface area contributed by atoms with Crippen LogP contribution in [0.4, 0.5) is 5.82 Å². The van der Waals surface area contributed by atoms with Crippen LogP contribution in [-0.2, 0) is 4.74 Å². The van der Waals surface area contributed by atoms with Crippen molar-refractivity contribution >= 4 is 21.7 Å². The van der Waals surface area contributed by atoms with E-state index in [2.05, 4.69) is 45.1 Å². The molecule has 0 aliphatic heterocycles. The third kappa shape index (κ3) is 5.46. The lowest BCUT2D eigenvalue weighted by molar-refractivity contribution is 0.0870. The second-order valence-corrected chi connectivity index (χ2v) is 5.25. The predicted octanol–water partition coefficient (Wildman–Crippen LogP) is 3.20. The minimum Gasteiger partial charge on any atom is -0.377 e. The first-order valence-corrected chi connectivity index (χ1v) is 6.68. The molecule has 1 heterocycles. The van der Waals surface area contributed by atoms with Gasteiger partial charge in [-0.3, -0.25) is 0 Å². The molecule has 0 unspecified atom stereocenters. The Bertz CT molecular complexity index is 356. The Morgan fingerprint density at radius 3 is 2.59 bits per heavy atom. The van der Waals surface area contributed by atoms with E-state index in [1.807, 2.05) is 19.9 Å². The largest absolute Gasteiger partial charge is 0.377 e. The zero-order chi connectivity index (χ0) is 12.8. The van der Waals surface area contributed by atoms with Crippen LogP contribution in [0.15, 0.2) is 10.7 Å². The maximum Gasteiger partial charge on any atom is 0.134 e. The molecule has 0 radical (unpaired) electrons. The first-order chi connectivity index (χ1) is 7.99. The molecule has 0 aliphatic rings. The Labute approximate surface area is 111 Å². The summed E-state index contributed by atoms with van der Waals surface area (Å²) in [6.45, 7) is 9.63. The van der Waals surface area contributed by atoms with Crippen molar-refractivity contribution in [3.05, 3.63) is 16.5 Å². The summed E-state index contributed by atoms with van der Waals surface area (Å²) >= 11 is 3.39. The van der Waals surface area contributed by atoms with Gasteiger partial charge < -0.3 is 10.1 Å². The molecule has 0 aromatic carbocycles. The van der Waals surface area contributed by atoms with Gasteiger partial charge in [-0.2, -0.15) is 0 Å². The van der Waals surface area contributed by atoms with Crippen molar-refractivity contribution in [1.29, 1.82) is 0 Å². The molecule has 96 valence electrons. The Balaban J connectivity index is 2.53. The monoisotopic (exact) mass is 301 g/mol. The lowest BCUT2D eigenvalue weighted by Crippen LogP contribution is -2.14.